The van der Waals surface area contributed by atoms with Gasteiger partial charge in [0.2, 0.25) is 0 Å². The highest BCUT2D eigenvalue weighted by atomic mass is 16.4. The predicted octanol–water partition coefficient (Wildman–Crippen LogP) is 1.98. The Balaban J connectivity index is 2.53. The van der Waals surface area contributed by atoms with Crippen LogP contribution in [0.3, 0.4) is 0 Å². The maximum absolute atomic E-state index is 11.7. The summed E-state index contributed by atoms with van der Waals surface area (Å²) in [5.74, 6) is -0.749. The van der Waals surface area contributed by atoms with Crippen LogP contribution in [0.15, 0.2) is 30.3 Å². The summed E-state index contributed by atoms with van der Waals surface area (Å²) in [6.07, 6.45) is 1.60. The highest BCUT2D eigenvalue weighted by molar-refractivity contribution is 5.81. The van der Waals surface area contributed by atoms with Gasteiger partial charge in [-0.3, -0.25) is 14.5 Å². The van der Waals surface area contributed by atoms with E-state index in [1.807, 2.05) is 35.2 Å². The van der Waals surface area contributed by atoms with Crippen LogP contribution in [-0.2, 0) is 16.0 Å². The molecule has 1 aromatic carbocycles. The number of aliphatic carboxylic acids is 1. The number of hydrogen-bond donors (Lipinski definition) is 1. The van der Waals surface area contributed by atoms with Crippen molar-refractivity contribution in [1.82, 2.24) is 4.90 Å². The van der Waals surface area contributed by atoms with E-state index in [1.54, 1.807) is 14.0 Å². The summed E-state index contributed by atoms with van der Waals surface area (Å²) < 4.78 is 0. The van der Waals surface area contributed by atoms with Crippen molar-refractivity contribution in [1.29, 1.82) is 0 Å². The molecular formula is C15H21NO3. The first-order valence-electron chi connectivity index (χ1n) is 6.47. The van der Waals surface area contributed by atoms with Crippen molar-refractivity contribution in [3.05, 3.63) is 35.9 Å². The van der Waals surface area contributed by atoms with Gasteiger partial charge in [0, 0.05) is 6.54 Å². The summed E-state index contributed by atoms with van der Waals surface area (Å²) in [7, 11) is 1.81. The second-order valence-corrected chi connectivity index (χ2v) is 4.78. The van der Waals surface area contributed by atoms with Crippen LogP contribution in [0.2, 0.25) is 0 Å². The molecule has 0 aliphatic heterocycles. The topological polar surface area (TPSA) is 57.6 Å². The Bertz CT molecular complexity index is 417. The number of rotatable bonds is 8. The summed E-state index contributed by atoms with van der Waals surface area (Å²) in [6, 6.07) is 9.78. The van der Waals surface area contributed by atoms with Crippen LogP contribution < -0.4 is 0 Å². The van der Waals surface area contributed by atoms with E-state index in [4.69, 9.17) is 5.11 Å². The monoisotopic (exact) mass is 263 g/mol. The molecule has 1 atom stereocenters. The first-order valence-corrected chi connectivity index (χ1v) is 6.47. The number of benzene rings is 1. The number of carbonyl (C=O) groups excluding carboxylic acids is 1. The summed E-state index contributed by atoms with van der Waals surface area (Å²) in [4.78, 5) is 24.1. The van der Waals surface area contributed by atoms with E-state index < -0.39 is 5.97 Å². The fourth-order valence-electron chi connectivity index (χ4n) is 2.11. The molecule has 1 unspecified atom stereocenters. The second-order valence-electron chi connectivity index (χ2n) is 4.78. The molecule has 0 aliphatic carbocycles. The second kappa shape index (κ2) is 7.69. The van der Waals surface area contributed by atoms with E-state index in [0.717, 1.165) is 12.8 Å². The van der Waals surface area contributed by atoms with Crippen LogP contribution in [0.4, 0.5) is 0 Å². The molecule has 1 aromatic rings. The molecular weight excluding hydrogens is 242 g/mol. The molecule has 0 saturated heterocycles. The number of likely N-dealkylation sites (N-methyl/N-ethyl adjacent to an activating group) is 1. The Hall–Kier alpha value is -1.68. The molecule has 1 rings (SSSR count). The fraction of sp³-hybridized carbons (Fsp3) is 0.467. The quantitative estimate of drug-likeness (QED) is 0.779. The van der Waals surface area contributed by atoms with Crippen LogP contribution in [0.1, 0.15) is 25.3 Å². The molecule has 0 aliphatic rings. The molecule has 0 amide bonds. The van der Waals surface area contributed by atoms with E-state index in [2.05, 4.69) is 0 Å². The third-order valence-corrected chi connectivity index (χ3v) is 3.23. The average molecular weight is 263 g/mol. The van der Waals surface area contributed by atoms with E-state index in [0.29, 0.717) is 6.54 Å². The molecule has 4 heteroatoms. The van der Waals surface area contributed by atoms with Crippen LogP contribution in [0.5, 0.6) is 0 Å². The van der Waals surface area contributed by atoms with E-state index >= 15 is 0 Å². The van der Waals surface area contributed by atoms with Gasteiger partial charge in [0.1, 0.15) is 5.78 Å². The molecule has 1 N–H and O–H groups in total. The minimum absolute atomic E-state index is 0.0611. The largest absolute Gasteiger partial charge is 0.481 e. The van der Waals surface area contributed by atoms with Crippen molar-refractivity contribution >= 4 is 11.8 Å². The third kappa shape index (κ3) is 5.66. The van der Waals surface area contributed by atoms with Crippen LogP contribution in [-0.4, -0.2) is 41.4 Å². The molecule has 0 saturated carbocycles. The number of Topliss-reactive ketones (excluding diaryl/α,β-unsaturated/α-hetero) is 1. The normalized spacial score (nSPS) is 12.4. The van der Waals surface area contributed by atoms with Gasteiger partial charge in [-0.25, -0.2) is 0 Å². The average Bonchev–Trinajstić information content (AvgIpc) is 2.37. The standard InChI is InChI=1S/C15H21NO3/c1-12(17)14(16(2)11-10-15(18)19)9-8-13-6-4-3-5-7-13/h3-7,14H,8-11H2,1-2H3,(H,18,19). The zero-order chi connectivity index (χ0) is 14.3. The van der Waals surface area contributed by atoms with Gasteiger partial charge < -0.3 is 5.11 Å². The highest BCUT2D eigenvalue weighted by Gasteiger charge is 2.19. The molecule has 19 heavy (non-hydrogen) atoms. The van der Waals surface area contributed by atoms with Gasteiger partial charge >= 0.3 is 5.97 Å². The maximum Gasteiger partial charge on any atom is 0.304 e. The summed E-state index contributed by atoms with van der Waals surface area (Å²) in [5, 5.41) is 8.68. The Kier molecular flexibility index (Phi) is 6.22. The summed E-state index contributed by atoms with van der Waals surface area (Å²) in [5.41, 5.74) is 1.19. The van der Waals surface area contributed by atoms with Crippen LogP contribution >= 0.6 is 0 Å². The molecule has 0 fully saturated rings. The number of ketones is 1. The predicted molar refractivity (Wildman–Crippen MR) is 74.1 cm³/mol. The lowest BCUT2D eigenvalue weighted by Crippen LogP contribution is -2.38. The maximum atomic E-state index is 11.7. The number of hydrogen-bond acceptors (Lipinski definition) is 3. The molecule has 0 radical (unpaired) electrons. The number of carboxylic acids is 1. The first kappa shape index (κ1) is 15.4. The molecule has 104 valence electrons. The molecule has 0 heterocycles. The smallest absolute Gasteiger partial charge is 0.304 e. The molecule has 0 aromatic heterocycles. The van der Waals surface area contributed by atoms with Crippen molar-refractivity contribution in [2.24, 2.45) is 0 Å². The van der Waals surface area contributed by atoms with Crippen molar-refractivity contribution in [2.45, 2.75) is 32.2 Å². The van der Waals surface area contributed by atoms with Crippen molar-refractivity contribution < 1.29 is 14.7 Å². The van der Waals surface area contributed by atoms with E-state index in [1.165, 1.54) is 5.56 Å². The summed E-state index contributed by atoms with van der Waals surface area (Å²) >= 11 is 0. The van der Waals surface area contributed by atoms with Gasteiger partial charge in [0.25, 0.3) is 0 Å². The molecule has 4 nitrogen and oxygen atoms in total. The van der Waals surface area contributed by atoms with Gasteiger partial charge in [-0.15, -0.1) is 0 Å². The summed E-state index contributed by atoms with van der Waals surface area (Å²) in [6.45, 7) is 1.96. The minimum Gasteiger partial charge on any atom is -0.481 e. The zero-order valence-corrected chi connectivity index (χ0v) is 11.5. The van der Waals surface area contributed by atoms with Crippen molar-refractivity contribution in [2.75, 3.05) is 13.6 Å². The van der Waals surface area contributed by atoms with Gasteiger partial charge in [-0.1, -0.05) is 30.3 Å². The fourth-order valence-corrected chi connectivity index (χ4v) is 2.11. The van der Waals surface area contributed by atoms with E-state index in [-0.39, 0.29) is 18.2 Å². The van der Waals surface area contributed by atoms with Gasteiger partial charge in [0.05, 0.1) is 12.5 Å². The molecule has 0 spiro atoms. The Morgan fingerprint density at radius 2 is 1.89 bits per heavy atom. The molecule has 0 bridgehead atoms. The van der Waals surface area contributed by atoms with Crippen LogP contribution in [0, 0.1) is 0 Å². The Morgan fingerprint density at radius 3 is 2.42 bits per heavy atom. The van der Waals surface area contributed by atoms with Crippen molar-refractivity contribution in [3.8, 4) is 0 Å². The number of nitrogens with zero attached hydrogens (tertiary/aromatic N) is 1. The highest BCUT2D eigenvalue weighted by Crippen LogP contribution is 2.10. The zero-order valence-electron chi connectivity index (χ0n) is 11.5. The number of carbonyl (C=O) groups is 2. The lowest BCUT2D eigenvalue weighted by molar-refractivity contribution is -0.138. The Morgan fingerprint density at radius 1 is 1.26 bits per heavy atom. The SMILES string of the molecule is CC(=O)C(CCc1ccccc1)N(C)CCC(=O)O. The Labute approximate surface area is 114 Å². The lowest BCUT2D eigenvalue weighted by atomic mass is 10.0. The van der Waals surface area contributed by atoms with Crippen LogP contribution in [0.25, 0.3) is 0 Å². The van der Waals surface area contributed by atoms with Gasteiger partial charge in [-0.2, -0.15) is 0 Å². The van der Waals surface area contributed by atoms with Gasteiger partial charge in [-0.05, 0) is 32.4 Å². The van der Waals surface area contributed by atoms with E-state index in [9.17, 15) is 9.59 Å². The lowest BCUT2D eigenvalue weighted by Gasteiger charge is -2.25. The first-order chi connectivity index (χ1) is 9.00. The third-order valence-electron chi connectivity index (χ3n) is 3.23. The number of aryl methyl sites for hydroxylation is 1. The van der Waals surface area contributed by atoms with Crippen molar-refractivity contribution in [3.63, 3.8) is 0 Å². The number of carboxylic acid groups (broad SMARTS) is 1. The minimum atomic E-state index is -0.836. The van der Waals surface area contributed by atoms with Gasteiger partial charge in [0.15, 0.2) is 0 Å².